The van der Waals surface area contributed by atoms with Crippen LogP contribution in [-0.4, -0.2) is 6.36 Å². The Morgan fingerprint density at radius 2 is 1.60 bits per heavy atom. The van der Waals surface area contributed by atoms with Crippen molar-refractivity contribution in [3.8, 4) is 16.9 Å². The number of rotatable bonds is 3. The molecule has 2 rings (SSSR count). The van der Waals surface area contributed by atoms with E-state index in [4.69, 9.17) is 0 Å². The van der Waals surface area contributed by atoms with E-state index >= 15 is 0 Å². The summed E-state index contributed by atoms with van der Waals surface area (Å²) in [6.07, 6.45) is -4.79. The van der Waals surface area contributed by atoms with Gasteiger partial charge in [-0.2, -0.15) is 0 Å². The molecule has 0 unspecified atom stereocenters. The summed E-state index contributed by atoms with van der Waals surface area (Å²) in [5.74, 6) is -0.839. The minimum Gasteiger partial charge on any atom is -0.405 e. The average molecular weight is 349 g/mol. The first-order valence-electron chi connectivity index (χ1n) is 5.61. The van der Waals surface area contributed by atoms with Crippen LogP contribution >= 0.6 is 15.9 Å². The van der Waals surface area contributed by atoms with Gasteiger partial charge < -0.3 is 4.74 Å². The van der Waals surface area contributed by atoms with Gasteiger partial charge in [0.2, 0.25) is 0 Å². The van der Waals surface area contributed by atoms with Gasteiger partial charge >= 0.3 is 6.36 Å². The minimum atomic E-state index is -4.79. The summed E-state index contributed by atoms with van der Waals surface area (Å²) in [6, 6.07) is 9.92. The third kappa shape index (κ3) is 3.30. The summed E-state index contributed by atoms with van der Waals surface area (Å²) < 4.78 is 54.9. The van der Waals surface area contributed by atoms with Crippen LogP contribution in [0.3, 0.4) is 0 Å². The fraction of sp³-hybridized carbons (Fsp3) is 0.143. The Balaban J connectivity index is 2.56. The van der Waals surface area contributed by atoms with Gasteiger partial charge in [-0.3, -0.25) is 0 Å². The minimum absolute atomic E-state index is 0.190. The van der Waals surface area contributed by atoms with Crippen molar-refractivity contribution in [2.75, 3.05) is 0 Å². The van der Waals surface area contributed by atoms with Crippen LogP contribution in [0.25, 0.3) is 11.1 Å². The molecule has 0 atom stereocenters. The summed E-state index contributed by atoms with van der Waals surface area (Å²) in [7, 11) is 0. The van der Waals surface area contributed by atoms with Gasteiger partial charge in [0.25, 0.3) is 0 Å². The normalized spacial score (nSPS) is 11.4. The molecule has 106 valence electrons. The predicted molar refractivity (Wildman–Crippen MR) is 71.2 cm³/mol. The zero-order valence-electron chi connectivity index (χ0n) is 10.0. The van der Waals surface area contributed by atoms with Crippen LogP contribution < -0.4 is 4.74 Å². The fourth-order valence-electron chi connectivity index (χ4n) is 1.85. The molecule has 0 aliphatic heterocycles. The van der Waals surface area contributed by atoms with Gasteiger partial charge in [0, 0.05) is 16.5 Å². The highest BCUT2D eigenvalue weighted by Gasteiger charge is 2.32. The number of benzene rings is 2. The van der Waals surface area contributed by atoms with Crippen molar-refractivity contribution in [3.05, 3.63) is 53.8 Å². The lowest BCUT2D eigenvalue weighted by molar-refractivity contribution is -0.274. The smallest absolute Gasteiger partial charge is 0.405 e. The Hall–Kier alpha value is -1.56. The quantitative estimate of drug-likeness (QED) is 0.541. The number of halogens is 5. The summed E-state index contributed by atoms with van der Waals surface area (Å²) in [5, 5.41) is 0.190. The molecule has 0 N–H and O–H groups in total. The van der Waals surface area contributed by atoms with Crippen LogP contribution in [0, 0.1) is 5.82 Å². The molecule has 2 aromatic rings. The van der Waals surface area contributed by atoms with Crippen molar-refractivity contribution in [1.29, 1.82) is 0 Å². The van der Waals surface area contributed by atoms with Crippen LogP contribution in [0.15, 0.2) is 42.5 Å². The van der Waals surface area contributed by atoms with Crippen molar-refractivity contribution < 1.29 is 22.3 Å². The zero-order valence-corrected chi connectivity index (χ0v) is 11.6. The maximum absolute atomic E-state index is 13.7. The van der Waals surface area contributed by atoms with Crippen molar-refractivity contribution in [2.45, 2.75) is 11.7 Å². The second kappa shape index (κ2) is 5.83. The summed E-state index contributed by atoms with van der Waals surface area (Å²) >= 11 is 3.14. The van der Waals surface area contributed by atoms with E-state index in [1.165, 1.54) is 30.3 Å². The zero-order chi connectivity index (χ0) is 14.8. The Labute approximate surface area is 121 Å². The van der Waals surface area contributed by atoms with Crippen LogP contribution in [-0.2, 0) is 5.33 Å². The molecular formula is C14H9BrF4O. The molecule has 2 aromatic carbocycles. The maximum atomic E-state index is 13.7. The number of alkyl halides is 4. The van der Waals surface area contributed by atoms with Gasteiger partial charge in [-0.25, -0.2) is 4.39 Å². The van der Waals surface area contributed by atoms with Gasteiger partial charge in [-0.15, -0.1) is 13.2 Å². The van der Waals surface area contributed by atoms with Crippen molar-refractivity contribution >= 4 is 15.9 Å². The first-order valence-corrected chi connectivity index (χ1v) is 6.73. The van der Waals surface area contributed by atoms with E-state index < -0.39 is 12.2 Å². The van der Waals surface area contributed by atoms with Crippen LogP contribution in [0.2, 0.25) is 0 Å². The molecule has 0 radical (unpaired) electrons. The Morgan fingerprint density at radius 1 is 0.950 bits per heavy atom. The summed E-state index contributed by atoms with van der Waals surface area (Å²) in [4.78, 5) is 0. The van der Waals surface area contributed by atoms with E-state index in [-0.39, 0.29) is 22.2 Å². The molecule has 20 heavy (non-hydrogen) atoms. The van der Waals surface area contributed by atoms with E-state index in [2.05, 4.69) is 20.7 Å². The largest absolute Gasteiger partial charge is 0.573 e. The Kier molecular flexibility index (Phi) is 4.32. The monoisotopic (exact) mass is 348 g/mol. The topological polar surface area (TPSA) is 9.23 Å². The lowest BCUT2D eigenvalue weighted by Gasteiger charge is -2.15. The molecule has 0 spiro atoms. The lowest BCUT2D eigenvalue weighted by Crippen LogP contribution is -2.17. The first kappa shape index (κ1) is 14.8. The molecule has 0 aromatic heterocycles. The van der Waals surface area contributed by atoms with E-state index in [0.717, 1.165) is 0 Å². The standard InChI is InChI=1S/C14H9BrF4O/c15-8-11-9(5-3-6-12(11)16)10-4-1-2-7-13(10)20-14(17,18)19/h1-7H,8H2. The molecule has 0 saturated carbocycles. The highest BCUT2D eigenvalue weighted by molar-refractivity contribution is 9.08. The fourth-order valence-corrected chi connectivity index (χ4v) is 2.42. The molecule has 0 bridgehead atoms. The highest BCUT2D eigenvalue weighted by Crippen LogP contribution is 2.36. The second-order valence-electron chi connectivity index (χ2n) is 3.94. The molecule has 0 heterocycles. The predicted octanol–water partition coefficient (Wildman–Crippen LogP) is 5.29. The molecule has 0 fully saturated rings. The van der Waals surface area contributed by atoms with Gasteiger partial charge in [-0.1, -0.05) is 46.3 Å². The van der Waals surface area contributed by atoms with Gasteiger partial charge in [-0.05, 0) is 17.7 Å². The molecule has 0 amide bonds. The first-order chi connectivity index (χ1) is 9.42. The van der Waals surface area contributed by atoms with E-state index in [0.29, 0.717) is 5.56 Å². The average Bonchev–Trinajstić information content (AvgIpc) is 2.37. The van der Waals surface area contributed by atoms with Gasteiger partial charge in [0.1, 0.15) is 11.6 Å². The lowest BCUT2D eigenvalue weighted by atomic mass is 9.99. The number of hydrogen-bond acceptors (Lipinski definition) is 1. The molecular weight excluding hydrogens is 340 g/mol. The van der Waals surface area contributed by atoms with Crippen LogP contribution in [0.4, 0.5) is 17.6 Å². The summed E-state index contributed by atoms with van der Waals surface area (Å²) in [5.41, 5.74) is 0.839. The SMILES string of the molecule is Fc1cccc(-c2ccccc2OC(F)(F)F)c1CBr. The molecule has 0 saturated heterocycles. The molecule has 6 heteroatoms. The highest BCUT2D eigenvalue weighted by atomic mass is 79.9. The molecule has 0 aliphatic rings. The van der Waals surface area contributed by atoms with E-state index in [9.17, 15) is 17.6 Å². The van der Waals surface area contributed by atoms with Crippen LogP contribution in [0.5, 0.6) is 5.75 Å². The number of hydrogen-bond donors (Lipinski definition) is 0. The third-order valence-corrected chi connectivity index (χ3v) is 3.22. The van der Waals surface area contributed by atoms with Crippen molar-refractivity contribution in [1.82, 2.24) is 0 Å². The Bertz CT molecular complexity index is 610. The van der Waals surface area contributed by atoms with Crippen molar-refractivity contribution in [3.63, 3.8) is 0 Å². The van der Waals surface area contributed by atoms with Crippen molar-refractivity contribution in [2.24, 2.45) is 0 Å². The second-order valence-corrected chi connectivity index (χ2v) is 4.50. The number of para-hydroxylation sites is 1. The molecule has 0 aliphatic carbocycles. The molecule has 1 nitrogen and oxygen atoms in total. The third-order valence-electron chi connectivity index (χ3n) is 2.66. The van der Waals surface area contributed by atoms with E-state index in [1.807, 2.05) is 0 Å². The maximum Gasteiger partial charge on any atom is 0.573 e. The number of ether oxygens (including phenoxy) is 1. The summed E-state index contributed by atoms with van der Waals surface area (Å²) in [6.45, 7) is 0. The Morgan fingerprint density at radius 3 is 2.25 bits per heavy atom. The van der Waals surface area contributed by atoms with Crippen LogP contribution in [0.1, 0.15) is 5.56 Å². The van der Waals surface area contributed by atoms with Gasteiger partial charge in [0.05, 0.1) is 0 Å². The van der Waals surface area contributed by atoms with Gasteiger partial charge in [0.15, 0.2) is 0 Å². The van der Waals surface area contributed by atoms with E-state index in [1.54, 1.807) is 12.1 Å².